The lowest BCUT2D eigenvalue weighted by atomic mass is 9.97. The van der Waals surface area contributed by atoms with Crippen molar-refractivity contribution in [3.05, 3.63) is 89.0 Å². The van der Waals surface area contributed by atoms with Crippen LogP contribution in [0.25, 0.3) is 11.1 Å². The molecule has 0 aromatic heterocycles. The van der Waals surface area contributed by atoms with E-state index in [4.69, 9.17) is 16.9 Å². The minimum absolute atomic E-state index is 0.260. The van der Waals surface area contributed by atoms with Crippen LogP contribution in [-0.4, -0.2) is 11.1 Å². The van der Waals surface area contributed by atoms with Gasteiger partial charge in [0.2, 0.25) is 0 Å². The van der Waals surface area contributed by atoms with Gasteiger partial charge in [0.15, 0.2) is 0 Å². The Balaban J connectivity index is 1.86. The predicted molar refractivity (Wildman–Crippen MR) is 106 cm³/mol. The van der Waals surface area contributed by atoms with E-state index in [1.807, 2.05) is 25.1 Å². The average molecular weight is 375 g/mol. The van der Waals surface area contributed by atoms with Crippen molar-refractivity contribution in [2.45, 2.75) is 6.92 Å². The lowest BCUT2D eigenvalue weighted by Gasteiger charge is -2.10. The molecule has 3 rings (SSSR count). The fraction of sp³-hybridized carbons (Fsp3) is 0.0455. The molecule has 0 saturated heterocycles. The smallest absolute Gasteiger partial charge is 0.255 e. The fourth-order valence-corrected chi connectivity index (χ4v) is 2.93. The number of nitrogens with zero attached hydrogens (tertiary/aromatic N) is 1. The summed E-state index contributed by atoms with van der Waals surface area (Å²) in [7, 11) is 0. The zero-order valence-electron chi connectivity index (χ0n) is 14.5. The second kappa shape index (κ2) is 7.86. The first-order valence-electron chi connectivity index (χ1n) is 8.20. The maximum atomic E-state index is 12.5. The molecule has 1 N–H and O–H groups in total. The maximum Gasteiger partial charge on any atom is 0.255 e. The Labute approximate surface area is 162 Å². The molecule has 1 amide bonds. The molecule has 5 heteroatoms. The predicted octanol–water partition coefficient (Wildman–Crippen LogP) is 5.17. The Morgan fingerprint density at radius 2 is 1.74 bits per heavy atom. The summed E-state index contributed by atoms with van der Waals surface area (Å²) in [6.07, 6.45) is 0. The van der Waals surface area contributed by atoms with Crippen LogP contribution in [0, 0.1) is 18.3 Å². The van der Waals surface area contributed by atoms with Crippen LogP contribution in [0.1, 0.15) is 31.8 Å². The third-order valence-electron chi connectivity index (χ3n) is 4.14. The molecule has 0 unspecified atom stereocenters. The normalized spacial score (nSPS) is 10.1. The minimum Gasteiger partial charge on any atom is -0.322 e. The molecule has 0 atom stereocenters. The van der Waals surface area contributed by atoms with Crippen molar-refractivity contribution in [3.63, 3.8) is 0 Å². The minimum atomic E-state index is -0.509. The van der Waals surface area contributed by atoms with Gasteiger partial charge in [-0.3, -0.25) is 9.59 Å². The quantitative estimate of drug-likeness (QED) is 0.641. The van der Waals surface area contributed by atoms with Gasteiger partial charge in [0, 0.05) is 16.8 Å². The summed E-state index contributed by atoms with van der Waals surface area (Å²) < 4.78 is 0. The van der Waals surface area contributed by atoms with Gasteiger partial charge in [0.25, 0.3) is 11.1 Å². The summed E-state index contributed by atoms with van der Waals surface area (Å²) >= 11 is 5.56. The molecule has 0 fully saturated rings. The fourth-order valence-electron chi connectivity index (χ4n) is 2.81. The van der Waals surface area contributed by atoms with E-state index >= 15 is 0 Å². The largest absolute Gasteiger partial charge is 0.322 e. The molecule has 0 spiro atoms. The van der Waals surface area contributed by atoms with Gasteiger partial charge in [-0.15, -0.1) is 0 Å². The number of rotatable bonds is 4. The first-order chi connectivity index (χ1) is 13.0. The molecule has 0 aliphatic heterocycles. The number of hydrogen-bond acceptors (Lipinski definition) is 3. The van der Waals surface area contributed by atoms with Gasteiger partial charge in [0.1, 0.15) is 0 Å². The highest BCUT2D eigenvalue weighted by Crippen LogP contribution is 2.26. The van der Waals surface area contributed by atoms with Crippen molar-refractivity contribution >= 4 is 28.4 Å². The molecule has 132 valence electrons. The van der Waals surface area contributed by atoms with Gasteiger partial charge >= 0.3 is 0 Å². The molecule has 27 heavy (non-hydrogen) atoms. The van der Waals surface area contributed by atoms with E-state index in [9.17, 15) is 9.59 Å². The van der Waals surface area contributed by atoms with E-state index in [2.05, 4.69) is 5.32 Å². The summed E-state index contributed by atoms with van der Waals surface area (Å²) in [5.74, 6) is -0.260. The molecule has 0 aliphatic carbocycles. The summed E-state index contributed by atoms with van der Waals surface area (Å²) in [6.45, 7) is 1.90. The molecule has 0 heterocycles. The Bertz CT molecular complexity index is 1080. The van der Waals surface area contributed by atoms with Gasteiger partial charge in [-0.1, -0.05) is 30.3 Å². The number of nitrogens with one attached hydrogen (secondary N) is 1. The number of anilines is 1. The zero-order valence-corrected chi connectivity index (χ0v) is 15.2. The number of benzene rings is 3. The topological polar surface area (TPSA) is 70.0 Å². The second-order valence-electron chi connectivity index (χ2n) is 6.03. The molecule has 3 aromatic carbocycles. The van der Waals surface area contributed by atoms with Crippen LogP contribution in [0.2, 0.25) is 0 Å². The maximum absolute atomic E-state index is 12.5. The summed E-state index contributed by atoms with van der Waals surface area (Å²) in [5, 5.41) is 11.2. The van der Waals surface area contributed by atoms with Crippen LogP contribution in [0.5, 0.6) is 0 Å². The molecule has 0 saturated carbocycles. The monoisotopic (exact) mass is 374 g/mol. The SMILES string of the molecule is Cc1cc(C(=O)Nc2cccc(C#N)c2)ccc1-c1cccc(C(=O)Cl)c1. The highest BCUT2D eigenvalue weighted by Gasteiger charge is 2.11. The van der Waals surface area contributed by atoms with E-state index in [0.717, 1.165) is 16.7 Å². The molecule has 0 bridgehead atoms. The number of aryl methyl sites for hydroxylation is 1. The van der Waals surface area contributed by atoms with Gasteiger partial charge < -0.3 is 5.32 Å². The zero-order chi connectivity index (χ0) is 19.4. The van der Waals surface area contributed by atoms with Crippen LogP contribution >= 0.6 is 11.6 Å². The van der Waals surface area contributed by atoms with Crippen molar-refractivity contribution < 1.29 is 9.59 Å². The lowest BCUT2D eigenvalue weighted by molar-refractivity contribution is 0.102. The average Bonchev–Trinajstić information content (AvgIpc) is 2.68. The van der Waals surface area contributed by atoms with Crippen LogP contribution < -0.4 is 5.32 Å². The van der Waals surface area contributed by atoms with Crippen molar-refractivity contribution in [1.29, 1.82) is 5.26 Å². The highest BCUT2D eigenvalue weighted by atomic mass is 35.5. The van der Waals surface area contributed by atoms with Crippen molar-refractivity contribution in [2.75, 3.05) is 5.32 Å². The molecule has 3 aromatic rings. The van der Waals surface area contributed by atoms with Crippen molar-refractivity contribution in [3.8, 4) is 17.2 Å². The van der Waals surface area contributed by atoms with E-state index < -0.39 is 5.24 Å². The van der Waals surface area contributed by atoms with E-state index in [1.165, 1.54) is 0 Å². The molecular weight excluding hydrogens is 360 g/mol. The standard InChI is InChI=1S/C22H15ClN2O2/c1-14-10-18(22(27)25-19-7-2-4-15(11-19)13-24)8-9-20(14)16-5-3-6-17(12-16)21(23)26/h2-12H,1H3,(H,25,27). The number of nitriles is 1. The number of amides is 1. The Morgan fingerprint density at radius 1 is 0.963 bits per heavy atom. The van der Waals surface area contributed by atoms with Crippen LogP contribution in [0.15, 0.2) is 66.7 Å². The van der Waals surface area contributed by atoms with Crippen molar-refractivity contribution in [2.24, 2.45) is 0 Å². The van der Waals surface area contributed by atoms with Crippen LogP contribution in [0.4, 0.5) is 5.69 Å². The Hall–Kier alpha value is -3.42. The number of halogens is 1. The van der Waals surface area contributed by atoms with Gasteiger partial charge in [-0.05, 0) is 71.6 Å². The van der Waals surface area contributed by atoms with Crippen LogP contribution in [0.3, 0.4) is 0 Å². The highest BCUT2D eigenvalue weighted by molar-refractivity contribution is 6.67. The van der Waals surface area contributed by atoms with Crippen LogP contribution in [-0.2, 0) is 0 Å². The molecule has 4 nitrogen and oxygen atoms in total. The Morgan fingerprint density at radius 3 is 2.44 bits per heavy atom. The number of carbonyl (C=O) groups is 2. The van der Waals surface area contributed by atoms with Crippen molar-refractivity contribution in [1.82, 2.24) is 0 Å². The summed E-state index contributed by atoms with van der Waals surface area (Å²) in [5.41, 5.74) is 4.64. The molecule has 0 aliphatic rings. The van der Waals surface area contributed by atoms with Gasteiger partial charge in [-0.25, -0.2) is 0 Å². The first-order valence-corrected chi connectivity index (χ1v) is 8.58. The second-order valence-corrected chi connectivity index (χ2v) is 6.37. The van der Waals surface area contributed by atoms with E-state index in [1.54, 1.807) is 54.6 Å². The van der Waals surface area contributed by atoms with E-state index in [0.29, 0.717) is 22.4 Å². The number of hydrogen-bond donors (Lipinski definition) is 1. The third kappa shape index (κ3) is 4.22. The lowest BCUT2D eigenvalue weighted by Crippen LogP contribution is -2.12. The van der Waals surface area contributed by atoms with Gasteiger partial charge in [-0.2, -0.15) is 5.26 Å². The third-order valence-corrected chi connectivity index (χ3v) is 4.36. The van der Waals surface area contributed by atoms with Gasteiger partial charge in [0.05, 0.1) is 11.6 Å². The molecule has 0 radical (unpaired) electrons. The Kier molecular flexibility index (Phi) is 5.35. The molecular formula is C22H15ClN2O2. The number of carbonyl (C=O) groups excluding carboxylic acids is 2. The summed E-state index contributed by atoms with van der Waals surface area (Å²) in [4.78, 5) is 23.9. The van der Waals surface area contributed by atoms with E-state index in [-0.39, 0.29) is 5.91 Å². The first kappa shape index (κ1) is 18.4. The summed E-state index contributed by atoms with van der Waals surface area (Å²) in [6, 6.07) is 21.2.